The number of nitrogens with one attached hydrogen (secondary N) is 1. The highest BCUT2D eigenvalue weighted by Gasteiger charge is 2.20. The molecule has 0 aliphatic carbocycles. The van der Waals surface area contributed by atoms with Crippen molar-refractivity contribution in [3.63, 3.8) is 0 Å². The maximum atomic E-state index is 12.5. The molecule has 5 nitrogen and oxygen atoms in total. The molecular formula is C23H22N4OS. The lowest BCUT2D eigenvalue weighted by molar-refractivity contribution is -0.127. The van der Waals surface area contributed by atoms with E-state index in [0.29, 0.717) is 0 Å². The number of amides is 1. The van der Waals surface area contributed by atoms with E-state index in [1.165, 1.54) is 16.5 Å². The molecule has 0 spiro atoms. The van der Waals surface area contributed by atoms with Gasteiger partial charge in [0.1, 0.15) is 16.6 Å². The predicted molar refractivity (Wildman–Crippen MR) is 118 cm³/mol. The Morgan fingerprint density at radius 3 is 2.66 bits per heavy atom. The van der Waals surface area contributed by atoms with Gasteiger partial charge in [-0.3, -0.25) is 4.79 Å². The number of carbonyl (C=O) groups excluding carboxylic acids is 1. The standard InChI is InChI=1S/C23H22N4OS/c1-16-5-10-20-21(13-16)29-22(26-20)17-6-8-19(9-7-17)25-15-18(14-24)23(28)27-11-3-2-4-12-27/h5-10,13,15,25H,2-4,11-12H2,1H3/b18-15-. The second kappa shape index (κ2) is 8.46. The molecular weight excluding hydrogens is 380 g/mol. The van der Waals surface area contributed by atoms with Crippen LogP contribution in [-0.4, -0.2) is 28.9 Å². The molecule has 0 bridgehead atoms. The lowest BCUT2D eigenvalue weighted by Crippen LogP contribution is -2.36. The third kappa shape index (κ3) is 4.30. The van der Waals surface area contributed by atoms with Gasteiger partial charge in [0.05, 0.1) is 10.2 Å². The molecule has 1 N–H and O–H groups in total. The highest BCUT2D eigenvalue weighted by molar-refractivity contribution is 7.21. The average Bonchev–Trinajstić information content (AvgIpc) is 3.18. The van der Waals surface area contributed by atoms with Gasteiger partial charge in [-0.15, -0.1) is 11.3 Å². The summed E-state index contributed by atoms with van der Waals surface area (Å²) in [7, 11) is 0. The Kier molecular flexibility index (Phi) is 5.59. The molecule has 1 amide bonds. The molecule has 0 atom stereocenters. The Morgan fingerprint density at radius 2 is 1.93 bits per heavy atom. The van der Waals surface area contributed by atoms with Gasteiger partial charge in [-0.2, -0.15) is 5.26 Å². The minimum atomic E-state index is -0.193. The van der Waals surface area contributed by atoms with Crippen molar-refractivity contribution in [2.24, 2.45) is 0 Å². The van der Waals surface area contributed by atoms with Crippen molar-refractivity contribution in [3.05, 3.63) is 59.8 Å². The summed E-state index contributed by atoms with van der Waals surface area (Å²) >= 11 is 1.68. The number of benzene rings is 2. The minimum Gasteiger partial charge on any atom is -0.360 e. The van der Waals surface area contributed by atoms with Crippen molar-refractivity contribution in [2.45, 2.75) is 26.2 Å². The fourth-order valence-electron chi connectivity index (χ4n) is 3.43. The second-order valence-corrected chi connectivity index (χ2v) is 8.27. The summed E-state index contributed by atoms with van der Waals surface area (Å²) in [5, 5.41) is 13.4. The van der Waals surface area contributed by atoms with Crippen molar-refractivity contribution >= 4 is 33.1 Å². The van der Waals surface area contributed by atoms with E-state index in [1.54, 1.807) is 16.2 Å². The summed E-state index contributed by atoms with van der Waals surface area (Å²) in [4.78, 5) is 19.0. The van der Waals surface area contributed by atoms with Gasteiger partial charge in [-0.05, 0) is 68.1 Å². The van der Waals surface area contributed by atoms with E-state index in [0.717, 1.165) is 54.1 Å². The zero-order valence-electron chi connectivity index (χ0n) is 16.3. The molecule has 6 heteroatoms. The Hall–Kier alpha value is -3.17. The van der Waals surface area contributed by atoms with Gasteiger partial charge < -0.3 is 10.2 Å². The van der Waals surface area contributed by atoms with E-state index < -0.39 is 0 Å². The van der Waals surface area contributed by atoms with Crippen molar-refractivity contribution in [3.8, 4) is 16.6 Å². The predicted octanol–water partition coefficient (Wildman–Crippen LogP) is 5.10. The number of nitrogens with zero attached hydrogens (tertiary/aromatic N) is 3. The second-order valence-electron chi connectivity index (χ2n) is 7.23. The van der Waals surface area contributed by atoms with E-state index in [1.807, 2.05) is 36.4 Å². The number of fused-ring (bicyclic) bond motifs is 1. The molecule has 1 aromatic heterocycles. The van der Waals surface area contributed by atoms with E-state index in [9.17, 15) is 10.1 Å². The van der Waals surface area contributed by atoms with E-state index in [4.69, 9.17) is 4.98 Å². The van der Waals surface area contributed by atoms with Crippen LogP contribution in [-0.2, 0) is 4.79 Å². The van der Waals surface area contributed by atoms with Gasteiger partial charge in [-0.1, -0.05) is 6.07 Å². The van der Waals surface area contributed by atoms with Gasteiger partial charge in [0, 0.05) is 30.5 Å². The van der Waals surface area contributed by atoms with Gasteiger partial charge in [0.25, 0.3) is 5.91 Å². The van der Waals surface area contributed by atoms with E-state index in [2.05, 4.69) is 24.4 Å². The first-order valence-corrected chi connectivity index (χ1v) is 10.6. The van der Waals surface area contributed by atoms with Crippen LogP contribution < -0.4 is 5.32 Å². The number of carbonyl (C=O) groups is 1. The van der Waals surface area contributed by atoms with Gasteiger partial charge >= 0.3 is 0 Å². The van der Waals surface area contributed by atoms with Crippen LogP contribution in [0.1, 0.15) is 24.8 Å². The molecule has 0 saturated carbocycles. The fraction of sp³-hybridized carbons (Fsp3) is 0.261. The van der Waals surface area contributed by atoms with Crippen molar-refractivity contribution in [1.82, 2.24) is 9.88 Å². The first-order chi connectivity index (χ1) is 14.1. The molecule has 146 valence electrons. The number of hydrogen-bond donors (Lipinski definition) is 1. The maximum absolute atomic E-state index is 12.5. The van der Waals surface area contributed by atoms with Crippen LogP contribution in [0.2, 0.25) is 0 Å². The molecule has 1 aliphatic heterocycles. The van der Waals surface area contributed by atoms with Crippen LogP contribution in [0.5, 0.6) is 0 Å². The topological polar surface area (TPSA) is 69.0 Å². The van der Waals surface area contributed by atoms with Crippen LogP contribution in [0.4, 0.5) is 5.69 Å². The summed E-state index contributed by atoms with van der Waals surface area (Å²) in [5.41, 5.74) is 4.24. The number of aryl methyl sites for hydroxylation is 1. The number of hydrogen-bond acceptors (Lipinski definition) is 5. The number of likely N-dealkylation sites (tertiary alicyclic amines) is 1. The minimum absolute atomic E-state index is 0.137. The molecule has 29 heavy (non-hydrogen) atoms. The average molecular weight is 403 g/mol. The molecule has 1 aliphatic rings. The summed E-state index contributed by atoms with van der Waals surface area (Å²) in [6.45, 7) is 3.54. The number of anilines is 1. The first-order valence-electron chi connectivity index (χ1n) is 9.78. The number of rotatable bonds is 4. The number of piperidine rings is 1. The monoisotopic (exact) mass is 402 g/mol. The molecule has 1 saturated heterocycles. The summed E-state index contributed by atoms with van der Waals surface area (Å²) in [6.07, 6.45) is 4.66. The van der Waals surface area contributed by atoms with Crippen LogP contribution in [0, 0.1) is 18.3 Å². The molecule has 1 fully saturated rings. The molecule has 0 unspecified atom stereocenters. The summed E-state index contributed by atoms with van der Waals surface area (Å²) in [6, 6.07) is 16.2. The van der Waals surface area contributed by atoms with E-state index in [-0.39, 0.29) is 11.5 Å². The highest BCUT2D eigenvalue weighted by Crippen LogP contribution is 2.31. The zero-order valence-corrected chi connectivity index (χ0v) is 17.1. The lowest BCUT2D eigenvalue weighted by atomic mass is 10.1. The lowest BCUT2D eigenvalue weighted by Gasteiger charge is -2.26. The summed E-state index contributed by atoms with van der Waals surface area (Å²) < 4.78 is 1.18. The van der Waals surface area contributed by atoms with E-state index >= 15 is 0 Å². The fourth-order valence-corrected chi connectivity index (χ4v) is 4.50. The zero-order chi connectivity index (χ0) is 20.2. The quantitative estimate of drug-likeness (QED) is 0.487. The Morgan fingerprint density at radius 1 is 1.17 bits per heavy atom. The van der Waals surface area contributed by atoms with Crippen LogP contribution in [0.3, 0.4) is 0 Å². The number of nitriles is 1. The maximum Gasteiger partial charge on any atom is 0.266 e. The van der Waals surface area contributed by atoms with Gasteiger partial charge in [0.2, 0.25) is 0 Å². The van der Waals surface area contributed by atoms with Crippen molar-refractivity contribution in [2.75, 3.05) is 18.4 Å². The van der Waals surface area contributed by atoms with Gasteiger partial charge in [-0.25, -0.2) is 4.98 Å². The van der Waals surface area contributed by atoms with Crippen LogP contribution in [0.15, 0.2) is 54.2 Å². The third-order valence-corrected chi connectivity index (χ3v) is 6.12. The third-order valence-electron chi connectivity index (χ3n) is 5.05. The molecule has 0 radical (unpaired) electrons. The van der Waals surface area contributed by atoms with Crippen molar-refractivity contribution in [1.29, 1.82) is 5.26 Å². The van der Waals surface area contributed by atoms with Gasteiger partial charge in [0.15, 0.2) is 0 Å². The molecule has 3 aromatic rings. The molecule has 2 aromatic carbocycles. The SMILES string of the molecule is Cc1ccc2nc(-c3ccc(N/C=C(/C#N)C(=O)N4CCCCC4)cc3)sc2c1. The smallest absolute Gasteiger partial charge is 0.266 e. The van der Waals surface area contributed by atoms with Crippen LogP contribution in [0.25, 0.3) is 20.8 Å². The summed E-state index contributed by atoms with van der Waals surface area (Å²) in [5.74, 6) is -0.193. The molecule has 4 rings (SSSR count). The number of aromatic nitrogens is 1. The van der Waals surface area contributed by atoms with Crippen LogP contribution >= 0.6 is 11.3 Å². The molecule has 2 heterocycles. The Balaban J connectivity index is 1.47. The Bertz CT molecular complexity index is 1100. The number of thiazole rings is 1. The normalized spacial score (nSPS) is 14.6. The first kappa shape index (κ1) is 19.2. The highest BCUT2D eigenvalue weighted by atomic mass is 32.1. The van der Waals surface area contributed by atoms with Crippen molar-refractivity contribution < 1.29 is 4.79 Å². The Labute approximate surface area is 174 Å². The largest absolute Gasteiger partial charge is 0.360 e.